The van der Waals surface area contributed by atoms with Crippen molar-refractivity contribution in [3.8, 4) is 0 Å². The minimum absolute atomic E-state index is 0.0159. The number of amides is 1. The van der Waals surface area contributed by atoms with Crippen molar-refractivity contribution in [1.29, 1.82) is 0 Å². The molecule has 0 unspecified atom stereocenters. The quantitative estimate of drug-likeness (QED) is 0.908. The Kier molecular flexibility index (Phi) is 4.99. The summed E-state index contributed by atoms with van der Waals surface area (Å²) in [6.07, 6.45) is 3.40. The molecule has 0 heterocycles. The third-order valence-electron chi connectivity index (χ3n) is 4.37. The van der Waals surface area contributed by atoms with Crippen LogP contribution < -0.4 is 5.32 Å². The van der Waals surface area contributed by atoms with Crippen LogP contribution in [0.4, 0.5) is 5.69 Å². The molecular formula is C19H21ClN2O. The van der Waals surface area contributed by atoms with Gasteiger partial charge in [0.05, 0.1) is 6.54 Å². The maximum atomic E-state index is 12.3. The zero-order valence-electron chi connectivity index (χ0n) is 13.3. The Morgan fingerprint density at radius 3 is 2.91 bits per heavy atom. The Bertz CT molecular complexity index is 701. The van der Waals surface area contributed by atoms with E-state index in [0.29, 0.717) is 17.6 Å². The molecule has 1 aliphatic rings. The van der Waals surface area contributed by atoms with Gasteiger partial charge in [0.1, 0.15) is 0 Å². The molecule has 0 aromatic heterocycles. The van der Waals surface area contributed by atoms with E-state index >= 15 is 0 Å². The lowest BCUT2D eigenvalue weighted by Crippen LogP contribution is -2.34. The molecule has 0 saturated carbocycles. The molecule has 120 valence electrons. The fourth-order valence-electron chi connectivity index (χ4n) is 3.29. The molecule has 0 fully saturated rings. The number of halogens is 1. The monoisotopic (exact) mass is 328 g/mol. The second kappa shape index (κ2) is 7.16. The Labute approximate surface area is 142 Å². The average Bonchev–Trinajstić information content (AvgIpc) is 2.54. The minimum Gasteiger partial charge on any atom is -0.325 e. The lowest BCUT2D eigenvalue weighted by molar-refractivity contribution is -0.117. The molecule has 4 heteroatoms. The van der Waals surface area contributed by atoms with E-state index in [1.807, 2.05) is 19.2 Å². The van der Waals surface area contributed by atoms with Gasteiger partial charge in [-0.25, -0.2) is 0 Å². The normalized spacial score (nSPS) is 16.9. The summed E-state index contributed by atoms with van der Waals surface area (Å²) in [6, 6.07) is 16.1. The Hall–Kier alpha value is -1.84. The Balaban J connectivity index is 1.65. The number of nitrogens with one attached hydrogen (secondary N) is 1. The van der Waals surface area contributed by atoms with Crippen molar-refractivity contribution >= 4 is 23.2 Å². The van der Waals surface area contributed by atoms with Crippen LogP contribution in [0.2, 0.25) is 5.02 Å². The van der Waals surface area contributed by atoms with Gasteiger partial charge in [0.2, 0.25) is 5.91 Å². The van der Waals surface area contributed by atoms with Gasteiger partial charge in [0, 0.05) is 16.8 Å². The van der Waals surface area contributed by atoms with Crippen LogP contribution in [0.25, 0.3) is 0 Å². The second-order valence-corrected chi connectivity index (χ2v) is 6.52. The molecule has 1 amide bonds. The highest BCUT2D eigenvalue weighted by atomic mass is 35.5. The van der Waals surface area contributed by atoms with Crippen molar-refractivity contribution in [2.75, 3.05) is 18.9 Å². The molecule has 3 nitrogen and oxygen atoms in total. The van der Waals surface area contributed by atoms with Crippen molar-refractivity contribution in [3.63, 3.8) is 0 Å². The van der Waals surface area contributed by atoms with E-state index in [4.69, 9.17) is 11.6 Å². The second-order valence-electron chi connectivity index (χ2n) is 6.08. The summed E-state index contributed by atoms with van der Waals surface area (Å²) >= 11 is 5.95. The van der Waals surface area contributed by atoms with Crippen molar-refractivity contribution < 1.29 is 4.79 Å². The maximum absolute atomic E-state index is 12.3. The highest BCUT2D eigenvalue weighted by Crippen LogP contribution is 2.33. The van der Waals surface area contributed by atoms with Crippen molar-refractivity contribution in [2.45, 2.75) is 25.3 Å². The van der Waals surface area contributed by atoms with E-state index < -0.39 is 0 Å². The van der Waals surface area contributed by atoms with Gasteiger partial charge >= 0.3 is 0 Å². The highest BCUT2D eigenvalue weighted by Gasteiger charge is 2.24. The van der Waals surface area contributed by atoms with Gasteiger partial charge in [-0.1, -0.05) is 41.9 Å². The van der Waals surface area contributed by atoms with Crippen LogP contribution in [-0.4, -0.2) is 24.4 Å². The molecule has 1 atom stereocenters. The fraction of sp³-hybridized carbons (Fsp3) is 0.316. The van der Waals surface area contributed by atoms with Crippen LogP contribution in [0.3, 0.4) is 0 Å². The molecule has 23 heavy (non-hydrogen) atoms. The topological polar surface area (TPSA) is 32.3 Å². The fourth-order valence-corrected chi connectivity index (χ4v) is 3.48. The van der Waals surface area contributed by atoms with Gasteiger partial charge in [-0.3, -0.25) is 9.69 Å². The van der Waals surface area contributed by atoms with Crippen molar-refractivity contribution in [3.05, 3.63) is 64.7 Å². The van der Waals surface area contributed by atoms with Gasteiger partial charge in [-0.2, -0.15) is 0 Å². The van der Waals surface area contributed by atoms with E-state index in [2.05, 4.69) is 34.5 Å². The number of nitrogens with zero attached hydrogens (tertiary/aromatic N) is 1. The summed E-state index contributed by atoms with van der Waals surface area (Å²) in [5.74, 6) is -0.0159. The van der Waals surface area contributed by atoms with Crippen molar-refractivity contribution in [1.82, 2.24) is 4.90 Å². The van der Waals surface area contributed by atoms with Crippen LogP contribution in [0, 0.1) is 0 Å². The molecule has 0 spiro atoms. The molecule has 3 rings (SSSR count). The summed E-state index contributed by atoms with van der Waals surface area (Å²) in [6.45, 7) is 0.367. The molecule has 2 aromatic carbocycles. The minimum atomic E-state index is -0.0159. The number of carbonyl (C=O) groups excluding carboxylic acids is 1. The largest absolute Gasteiger partial charge is 0.325 e. The van der Waals surface area contributed by atoms with Gasteiger partial charge in [0.15, 0.2) is 0 Å². The predicted molar refractivity (Wildman–Crippen MR) is 94.8 cm³/mol. The van der Waals surface area contributed by atoms with Crippen LogP contribution in [0.1, 0.15) is 30.0 Å². The van der Waals surface area contributed by atoms with Crippen LogP contribution in [0.5, 0.6) is 0 Å². The SMILES string of the molecule is CN(CC(=O)Nc1cccc(Cl)c1)[C@@H]1CCCc2ccccc21. The van der Waals surface area contributed by atoms with E-state index in [1.54, 1.807) is 12.1 Å². The maximum Gasteiger partial charge on any atom is 0.238 e. The number of hydrogen-bond acceptors (Lipinski definition) is 2. The third kappa shape index (κ3) is 3.92. The predicted octanol–water partition coefficient (Wildman–Crippen LogP) is 4.29. The number of anilines is 1. The molecule has 0 saturated heterocycles. The number of fused-ring (bicyclic) bond motifs is 1. The highest BCUT2D eigenvalue weighted by molar-refractivity contribution is 6.30. The van der Waals surface area contributed by atoms with Gasteiger partial charge in [0.25, 0.3) is 0 Å². The first-order valence-electron chi connectivity index (χ1n) is 7.97. The summed E-state index contributed by atoms with van der Waals surface area (Å²) in [5, 5.41) is 3.53. The Morgan fingerprint density at radius 1 is 1.26 bits per heavy atom. The van der Waals surface area contributed by atoms with Gasteiger partial charge in [-0.15, -0.1) is 0 Å². The number of aryl methyl sites for hydroxylation is 1. The first-order chi connectivity index (χ1) is 11.1. The van der Waals surface area contributed by atoms with Gasteiger partial charge < -0.3 is 5.32 Å². The number of carbonyl (C=O) groups is 1. The molecule has 1 N–H and O–H groups in total. The smallest absolute Gasteiger partial charge is 0.238 e. The first-order valence-corrected chi connectivity index (χ1v) is 8.35. The standard InChI is InChI=1S/C19H21ClN2O/c1-22(13-19(23)21-16-9-5-8-15(20)12-16)18-11-4-7-14-6-2-3-10-17(14)18/h2-3,5-6,8-10,12,18H,4,7,11,13H2,1H3,(H,21,23)/t18-/m1/s1. The van der Waals surface area contributed by atoms with Crippen molar-refractivity contribution in [2.24, 2.45) is 0 Å². The summed E-state index contributed by atoms with van der Waals surface area (Å²) in [7, 11) is 2.02. The molecule has 0 aliphatic heterocycles. The summed E-state index contributed by atoms with van der Waals surface area (Å²) < 4.78 is 0. The van der Waals surface area contributed by atoms with E-state index in [-0.39, 0.29) is 5.91 Å². The molecular weight excluding hydrogens is 308 g/mol. The molecule has 0 radical (unpaired) electrons. The number of rotatable bonds is 4. The lowest BCUT2D eigenvalue weighted by Gasteiger charge is -2.32. The first kappa shape index (κ1) is 16.0. The number of benzene rings is 2. The average molecular weight is 329 g/mol. The van der Waals surface area contributed by atoms with E-state index in [9.17, 15) is 4.79 Å². The van der Waals surface area contributed by atoms with Crippen LogP contribution >= 0.6 is 11.6 Å². The lowest BCUT2D eigenvalue weighted by atomic mass is 9.87. The van der Waals surface area contributed by atoms with Gasteiger partial charge in [-0.05, 0) is 55.6 Å². The summed E-state index contributed by atoms with van der Waals surface area (Å²) in [4.78, 5) is 14.4. The number of hydrogen-bond donors (Lipinski definition) is 1. The van der Waals surface area contributed by atoms with Crippen LogP contribution in [-0.2, 0) is 11.2 Å². The Morgan fingerprint density at radius 2 is 2.09 bits per heavy atom. The van der Waals surface area contributed by atoms with E-state index in [0.717, 1.165) is 18.5 Å². The zero-order valence-corrected chi connectivity index (χ0v) is 14.0. The van der Waals surface area contributed by atoms with Crippen LogP contribution in [0.15, 0.2) is 48.5 Å². The third-order valence-corrected chi connectivity index (χ3v) is 4.61. The zero-order chi connectivity index (χ0) is 16.2. The molecule has 0 bridgehead atoms. The molecule has 1 aliphatic carbocycles. The summed E-state index contributed by atoms with van der Waals surface area (Å²) in [5.41, 5.74) is 3.50. The number of likely N-dealkylation sites (N-methyl/N-ethyl adjacent to an activating group) is 1. The molecule has 2 aromatic rings. The van der Waals surface area contributed by atoms with E-state index in [1.165, 1.54) is 17.5 Å².